The van der Waals surface area contributed by atoms with E-state index in [2.05, 4.69) is 31.2 Å². The van der Waals surface area contributed by atoms with Crippen LogP contribution in [0.3, 0.4) is 0 Å². The van der Waals surface area contributed by atoms with E-state index in [0.717, 1.165) is 11.8 Å². The van der Waals surface area contributed by atoms with E-state index >= 15 is 0 Å². The Morgan fingerprint density at radius 1 is 1.40 bits per heavy atom. The Bertz CT molecular complexity index is 101. The lowest BCUT2D eigenvalue weighted by molar-refractivity contribution is 0.300. The van der Waals surface area contributed by atoms with Crippen LogP contribution in [0.25, 0.3) is 0 Å². The molecule has 0 unspecified atom stereocenters. The van der Waals surface area contributed by atoms with Crippen molar-refractivity contribution < 1.29 is 0 Å². The topological polar surface area (TPSA) is 15.3 Å². The Balaban J connectivity index is 2.26. The quantitative estimate of drug-likeness (QED) is 0.600. The van der Waals surface area contributed by atoms with Crippen LogP contribution in [0.2, 0.25) is 0 Å². The largest absolute Gasteiger partial charge is 0.316 e. The third-order valence-electron chi connectivity index (χ3n) is 2.28. The van der Waals surface area contributed by atoms with Crippen LogP contribution in [0.4, 0.5) is 0 Å². The van der Waals surface area contributed by atoms with Crippen LogP contribution >= 0.6 is 0 Å². The van der Waals surface area contributed by atoms with Crippen LogP contribution < -0.4 is 5.32 Å². The lowest BCUT2D eigenvalue weighted by Crippen LogP contribution is -2.25. The second kappa shape index (κ2) is 3.35. The first-order valence-corrected chi connectivity index (χ1v) is 4.05. The molecule has 2 atom stereocenters. The summed E-state index contributed by atoms with van der Waals surface area (Å²) in [4.78, 5) is 2.27. The molecule has 60 valence electrons. The van der Waals surface area contributed by atoms with Crippen LogP contribution in [-0.4, -0.2) is 38.6 Å². The Morgan fingerprint density at radius 3 is 2.50 bits per heavy atom. The van der Waals surface area contributed by atoms with Gasteiger partial charge in [0.05, 0.1) is 0 Å². The highest BCUT2D eigenvalue weighted by Crippen LogP contribution is 2.15. The Hall–Kier alpha value is -0.0800. The van der Waals surface area contributed by atoms with E-state index < -0.39 is 0 Å². The van der Waals surface area contributed by atoms with Gasteiger partial charge in [-0.05, 0) is 39.0 Å². The molecule has 1 N–H and O–H groups in total. The van der Waals surface area contributed by atoms with Crippen LogP contribution in [0.15, 0.2) is 0 Å². The van der Waals surface area contributed by atoms with Crippen molar-refractivity contribution in [2.24, 2.45) is 11.8 Å². The van der Waals surface area contributed by atoms with Crippen molar-refractivity contribution in [2.45, 2.75) is 6.92 Å². The predicted molar refractivity (Wildman–Crippen MR) is 44.1 cm³/mol. The molecule has 0 amide bonds. The zero-order chi connectivity index (χ0) is 7.56. The molecule has 0 saturated carbocycles. The average Bonchev–Trinajstić information content (AvgIpc) is 2.15. The number of nitrogens with one attached hydrogen (secondary N) is 1. The molecule has 2 heteroatoms. The summed E-state index contributed by atoms with van der Waals surface area (Å²) < 4.78 is 0. The molecule has 0 radical (unpaired) electrons. The van der Waals surface area contributed by atoms with Gasteiger partial charge >= 0.3 is 0 Å². The zero-order valence-corrected chi connectivity index (χ0v) is 7.22. The van der Waals surface area contributed by atoms with E-state index in [1.807, 2.05) is 0 Å². The number of nitrogens with zero attached hydrogens (tertiary/aromatic N) is 1. The van der Waals surface area contributed by atoms with Crippen LogP contribution in [0.1, 0.15) is 6.92 Å². The van der Waals surface area contributed by atoms with Gasteiger partial charge in [-0.3, -0.25) is 0 Å². The number of hydrogen-bond acceptors (Lipinski definition) is 2. The van der Waals surface area contributed by atoms with Gasteiger partial charge in [-0.15, -0.1) is 0 Å². The molecule has 0 bridgehead atoms. The van der Waals surface area contributed by atoms with E-state index in [-0.39, 0.29) is 0 Å². The second-order valence-electron chi connectivity index (χ2n) is 3.66. The molecule has 1 fully saturated rings. The minimum atomic E-state index is 0.863. The summed E-state index contributed by atoms with van der Waals surface area (Å²) in [5, 5.41) is 3.40. The molecule has 1 rings (SSSR count). The highest BCUT2D eigenvalue weighted by atomic mass is 15.1. The third-order valence-corrected chi connectivity index (χ3v) is 2.28. The minimum Gasteiger partial charge on any atom is -0.316 e. The second-order valence-corrected chi connectivity index (χ2v) is 3.66. The smallest absolute Gasteiger partial charge is 0.00187 e. The van der Waals surface area contributed by atoms with E-state index in [1.54, 1.807) is 0 Å². The van der Waals surface area contributed by atoms with E-state index in [0.29, 0.717) is 0 Å². The fourth-order valence-corrected chi connectivity index (χ4v) is 1.58. The molecule has 1 aliphatic heterocycles. The molecule has 0 spiro atoms. The molecule has 0 aromatic heterocycles. The molecule has 1 aliphatic rings. The lowest BCUT2D eigenvalue weighted by Gasteiger charge is -2.18. The maximum absolute atomic E-state index is 3.40. The number of hydrogen-bond donors (Lipinski definition) is 1. The molecule has 0 aliphatic carbocycles. The standard InChI is InChI=1S/C8H18N2/c1-7-4-9-5-8(7)6-10(2)3/h7-9H,4-6H2,1-3H3/t7-,8-/m1/s1. The maximum atomic E-state index is 3.40. The van der Waals surface area contributed by atoms with Crippen LogP contribution in [0, 0.1) is 11.8 Å². The highest BCUT2D eigenvalue weighted by Gasteiger charge is 2.22. The summed E-state index contributed by atoms with van der Waals surface area (Å²) in [5.41, 5.74) is 0. The zero-order valence-electron chi connectivity index (χ0n) is 7.22. The van der Waals surface area contributed by atoms with Crippen molar-refractivity contribution in [1.29, 1.82) is 0 Å². The van der Waals surface area contributed by atoms with Crippen molar-refractivity contribution in [1.82, 2.24) is 10.2 Å². The van der Waals surface area contributed by atoms with Gasteiger partial charge in [-0.25, -0.2) is 0 Å². The highest BCUT2D eigenvalue weighted by molar-refractivity contribution is 4.79. The summed E-state index contributed by atoms with van der Waals surface area (Å²) in [6.45, 7) is 5.97. The summed E-state index contributed by atoms with van der Waals surface area (Å²) in [6, 6.07) is 0. The van der Waals surface area contributed by atoms with E-state index in [1.165, 1.54) is 19.6 Å². The van der Waals surface area contributed by atoms with Gasteiger partial charge in [0, 0.05) is 6.54 Å². The van der Waals surface area contributed by atoms with Crippen molar-refractivity contribution in [3.05, 3.63) is 0 Å². The predicted octanol–water partition coefficient (Wildman–Crippen LogP) is 0.403. The fourth-order valence-electron chi connectivity index (χ4n) is 1.58. The van der Waals surface area contributed by atoms with Gasteiger partial charge in [0.15, 0.2) is 0 Å². The molecule has 1 saturated heterocycles. The first kappa shape index (κ1) is 8.02. The molecular weight excluding hydrogens is 124 g/mol. The summed E-state index contributed by atoms with van der Waals surface area (Å²) in [6.07, 6.45) is 0. The van der Waals surface area contributed by atoms with Gasteiger partial charge in [0.2, 0.25) is 0 Å². The Kier molecular flexibility index (Phi) is 2.69. The maximum Gasteiger partial charge on any atom is 0.00187 e. The first-order chi connectivity index (χ1) is 4.70. The summed E-state index contributed by atoms with van der Waals surface area (Å²) in [7, 11) is 4.29. The first-order valence-electron chi connectivity index (χ1n) is 4.05. The summed E-state index contributed by atoms with van der Waals surface area (Å²) >= 11 is 0. The summed E-state index contributed by atoms with van der Waals surface area (Å²) in [5.74, 6) is 1.73. The average molecular weight is 142 g/mol. The minimum absolute atomic E-state index is 0.863. The van der Waals surface area contributed by atoms with E-state index in [4.69, 9.17) is 0 Å². The molecule has 10 heavy (non-hydrogen) atoms. The van der Waals surface area contributed by atoms with Gasteiger partial charge in [0.1, 0.15) is 0 Å². The molecule has 1 heterocycles. The molecule has 2 nitrogen and oxygen atoms in total. The molecule has 0 aromatic carbocycles. The van der Waals surface area contributed by atoms with Gasteiger partial charge in [-0.1, -0.05) is 6.92 Å². The molecule has 0 aromatic rings. The monoisotopic (exact) mass is 142 g/mol. The van der Waals surface area contributed by atoms with Gasteiger partial charge in [-0.2, -0.15) is 0 Å². The number of rotatable bonds is 2. The van der Waals surface area contributed by atoms with Crippen LogP contribution in [0.5, 0.6) is 0 Å². The Labute approximate surface area is 63.6 Å². The van der Waals surface area contributed by atoms with Gasteiger partial charge < -0.3 is 10.2 Å². The van der Waals surface area contributed by atoms with Crippen molar-refractivity contribution in [3.8, 4) is 0 Å². The van der Waals surface area contributed by atoms with Crippen molar-refractivity contribution in [3.63, 3.8) is 0 Å². The molecular formula is C8H18N2. The van der Waals surface area contributed by atoms with Gasteiger partial charge in [0.25, 0.3) is 0 Å². The SMILES string of the molecule is C[C@@H]1CNC[C@@H]1CN(C)C. The van der Waals surface area contributed by atoms with Crippen molar-refractivity contribution >= 4 is 0 Å². The fraction of sp³-hybridized carbons (Fsp3) is 1.00. The van der Waals surface area contributed by atoms with E-state index in [9.17, 15) is 0 Å². The lowest BCUT2D eigenvalue weighted by atomic mass is 9.98. The normalized spacial score (nSPS) is 33.6. The van der Waals surface area contributed by atoms with Crippen LogP contribution in [-0.2, 0) is 0 Å². The third kappa shape index (κ3) is 1.96. The van der Waals surface area contributed by atoms with Crippen molar-refractivity contribution in [2.75, 3.05) is 33.7 Å². The Morgan fingerprint density at radius 2 is 2.10 bits per heavy atom.